The first-order chi connectivity index (χ1) is 6.16. The van der Waals surface area contributed by atoms with Gasteiger partial charge in [0, 0.05) is 6.54 Å². The number of nitrogen functional groups attached to an aromatic ring is 1. The number of amides is 1. The fourth-order valence-electron chi connectivity index (χ4n) is 0.981. The quantitative estimate of drug-likeness (QED) is 0.711. The molecule has 70 valence electrons. The number of hydrogen-bond donors (Lipinski definition) is 2. The van der Waals surface area contributed by atoms with Gasteiger partial charge in [0.25, 0.3) is 5.91 Å². The second-order valence-electron chi connectivity index (χ2n) is 2.57. The van der Waals surface area contributed by atoms with E-state index in [4.69, 9.17) is 17.3 Å². The van der Waals surface area contributed by atoms with E-state index in [2.05, 4.69) is 5.32 Å². The summed E-state index contributed by atoms with van der Waals surface area (Å²) in [4.78, 5) is 11.4. The van der Waals surface area contributed by atoms with Crippen LogP contribution in [0.3, 0.4) is 0 Å². The summed E-state index contributed by atoms with van der Waals surface area (Å²) in [5.74, 6) is -0.195. The third kappa shape index (κ3) is 2.12. The Morgan fingerprint density at radius 1 is 1.62 bits per heavy atom. The number of rotatable bonds is 2. The van der Waals surface area contributed by atoms with E-state index < -0.39 is 0 Å². The molecule has 0 aliphatic carbocycles. The maximum Gasteiger partial charge on any atom is 0.252 e. The van der Waals surface area contributed by atoms with Crippen LogP contribution in [-0.2, 0) is 0 Å². The van der Waals surface area contributed by atoms with E-state index in [0.29, 0.717) is 22.8 Å². The molecule has 4 heteroatoms. The van der Waals surface area contributed by atoms with E-state index in [-0.39, 0.29) is 5.91 Å². The van der Waals surface area contributed by atoms with E-state index in [1.54, 1.807) is 18.2 Å². The van der Waals surface area contributed by atoms with Gasteiger partial charge in [0.05, 0.1) is 16.3 Å². The third-order valence-electron chi connectivity index (χ3n) is 1.61. The lowest BCUT2D eigenvalue weighted by Crippen LogP contribution is -2.23. The molecule has 0 atom stereocenters. The fourth-order valence-corrected chi connectivity index (χ4v) is 1.19. The minimum atomic E-state index is -0.195. The van der Waals surface area contributed by atoms with Crippen molar-refractivity contribution in [2.75, 3.05) is 12.3 Å². The average molecular weight is 199 g/mol. The van der Waals surface area contributed by atoms with E-state index in [9.17, 15) is 4.79 Å². The first-order valence-corrected chi connectivity index (χ1v) is 4.36. The second-order valence-corrected chi connectivity index (χ2v) is 2.95. The molecule has 0 fully saturated rings. The predicted octanol–water partition coefficient (Wildman–Crippen LogP) is 1.67. The monoisotopic (exact) mass is 198 g/mol. The summed E-state index contributed by atoms with van der Waals surface area (Å²) < 4.78 is 0. The molecular weight excluding hydrogens is 188 g/mol. The van der Waals surface area contributed by atoms with E-state index in [1.807, 2.05) is 6.92 Å². The molecule has 1 amide bonds. The highest BCUT2D eigenvalue weighted by Crippen LogP contribution is 2.22. The van der Waals surface area contributed by atoms with Crippen LogP contribution in [0, 0.1) is 0 Å². The molecule has 1 rings (SSSR count). The molecule has 0 heterocycles. The number of carbonyl (C=O) groups excluding carboxylic acids is 1. The highest BCUT2D eigenvalue weighted by Gasteiger charge is 2.10. The van der Waals surface area contributed by atoms with E-state index in [0.717, 1.165) is 0 Å². The molecule has 0 aliphatic rings. The van der Waals surface area contributed by atoms with Gasteiger partial charge in [-0.3, -0.25) is 4.79 Å². The van der Waals surface area contributed by atoms with Crippen LogP contribution in [-0.4, -0.2) is 12.5 Å². The van der Waals surface area contributed by atoms with Gasteiger partial charge in [-0.25, -0.2) is 0 Å². The molecule has 0 radical (unpaired) electrons. The molecule has 0 saturated carbocycles. The lowest BCUT2D eigenvalue weighted by Gasteiger charge is -2.05. The molecular formula is C9H11ClN2O. The number of carbonyl (C=O) groups is 1. The van der Waals surface area contributed by atoms with Crippen LogP contribution in [0.5, 0.6) is 0 Å². The minimum absolute atomic E-state index is 0.195. The van der Waals surface area contributed by atoms with Crippen LogP contribution in [0.15, 0.2) is 18.2 Å². The van der Waals surface area contributed by atoms with Crippen molar-refractivity contribution in [3.8, 4) is 0 Å². The number of benzene rings is 1. The molecule has 3 N–H and O–H groups in total. The summed E-state index contributed by atoms with van der Waals surface area (Å²) in [6.45, 7) is 2.42. The maximum absolute atomic E-state index is 11.4. The standard InChI is InChI=1S/C9H11ClN2O/c1-2-12-9(13)6-4-3-5-7(11)8(6)10/h3-5H,2,11H2,1H3,(H,12,13). The molecule has 0 spiro atoms. The molecule has 1 aromatic carbocycles. The summed E-state index contributed by atoms with van der Waals surface area (Å²) in [6, 6.07) is 5.00. The number of nitrogens with one attached hydrogen (secondary N) is 1. The van der Waals surface area contributed by atoms with Gasteiger partial charge in [0.2, 0.25) is 0 Å². The Hall–Kier alpha value is -1.22. The number of nitrogens with two attached hydrogens (primary N) is 1. The number of hydrogen-bond acceptors (Lipinski definition) is 2. The summed E-state index contributed by atoms with van der Waals surface area (Å²) >= 11 is 5.84. The summed E-state index contributed by atoms with van der Waals surface area (Å²) in [6.07, 6.45) is 0. The van der Waals surface area contributed by atoms with Crippen molar-refractivity contribution in [3.05, 3.63) is 28.8 Å². The lowest BCUT2D eigenvalue weighted by atomic mass is 10.2. The topological polar surface area (TPSA) is 55.1 Å². The van der Waals surface area contributed by atoms with Crippen LogP contribution in [0.1, 0.15) is 17.3 Å². The van der Waals surface area contributed by atoms with Gasteiger partial charge < -0.3 is 11.1 Å². The van der Waals surface area contributed by atoms with Crippen LogP contribution >= 0.6 is 11.6 Å². The first kappa shape index (κ1) is 9.86. The fraction of sp³-hybridized carbons (Fsp3) is 0.222. The van der Waals surface area contributed by atoms with Gasteiger partial charge in [-0.05, 0) is 19.1 Å². The van der Waals surface area contributed by atoms with E-state index in [1.165, 1.54) is 0 Å². The Morgan fingerprint density at radius 3 is 2.92 bits per heavy atom. The van der Waals surface area contributed by atoms with Gasteiger partial charge in [0.15, 0.2) is 0 Å². The average Bonchev–Trinajstić information content (AvgIpc) is 2.10. The summed E-state index contributed by atoms with van der Waals surface area (Å²) in [5, 5.41) is 2.96. The zero-order chi connectivity index (χ0) is 9.84. The van der Waals surface area contributed by atoms with Crippen molar-refractivity contribution in [3.63, 3.8) is 0 Å². The predicted molar refractivity (Wildman–Crippen MR) is 53.9 cm³/mol. The largest absolute Gasteiger partial charge is 0.398 e. The van der Waals surface area contributed by atoms with Crippen molar-refractivity contribution < 1.29 is 4.79 Å². The van der Waals surface area contributed by atoms with Gasteiger partial charge in [-0.15, -0.1) is 0 Å². The number of anilines is 1. The molecule has 0 aliphatic heterocycles. The summed E-state index contributed by atoms with van der Waals surface area (Å²) in [7, 11) is 0. The Kier molecular flexibility index (Phi) is 3.14. The van der Waals surface area contributed by atoms with Gasteiger partial charge in [0.1, 0.15) is 0 Å². The number of halogens is 1. The smallest absolute Gasteiger partial charge is 0.252 e. The molecule has 0 unspecified atom stereocenters. The third-order valence-corrected chi connectivity index (χ3v) is 2.03. The highest BCUT2D eigenvalue weighted by molar-refractivity contribution is 6.36. The highest BCUT2D eigenvalue weighted by atomic mass is 35.5. The molecule has 0 saturated heterocycles. The molecule has 3 nitrogen and oxygen atoms in total. The zero-order valence-corrected chi connectivity index (χ0v) is 8.06. The molecule has 0 aromatic heterocycles. The summed E-state index contributed by atoms with van der Waals surface area (Å²) in [5.41, 5.74) is 6.38. The zero-order valence-electron chi connectivity index (χ0n) is 7.30. The van der Waals surface area contributed by atoms with Crippen molar-refractivity contribution in [1.82, 2.24) is 5.32 Å². The lowest BCUT2D eigenvalue weighted by molar-refractivity contribution is 0.0956. The van der Waals surface area contributed by atoms with Crippen LogP contribution in [0.4, 0.5) is 5.69 Å². The normalized spacial score (nSPS) is 9.69. The van der Waals surface area contributed by atoms with Crippen molar-refractivity contribution in [2.24, 2.45) is 0 Å². The van der Waals surface area contributed by atoms with Gasteiger partial charge in [-0.2, -0.15) is 0 Å². The Balaban J connectivity index is 3.01. The van der Waals surface area contributed by atoms with Gasteiger partial charge in [-0.1, -0.05) is 17.7 Å². The van der Waals surface area contributed by atoms with Crippen molar-refractivity contribution >= 4 is 23.2 Å². The SMILES string of the molecule is CCNC(=O)c1cccc(N)c1Cl. The van der Waals surface area contributed by atoms with Crippen LogP contribution < -0.4 is 11.1 Å². The van der Waals surface area contributed by atoms with Crippen LogP contribution in [0.2, 0.25) is 5.02 Å². The molecule has 1 aromatic rings. The first-order valence-electron chi connectivity index (χ1n) is 3.99. The Morgan fingerprint density at radius 2 is 2.31 bits per heavy atom. The van der Waals surface area contributed by atoms with Crippen molar-refractivity contribution in [2.45, 2.75) is 6.92 Å². The second kappa shape index (κ2) is 4.14. The van der Waals surface area contributed by atoms with Crippen molar-refractivity contribution in [1.29, 1.82) is 0 Å². The Bertz CT molecular complexity index is 325. The van der Waals surface area contributed by atoms with Crippen LogP contribution in [0.25, 0.3) is 0 Å². The molecule has 13 heavy (non-hydrogen) atoms. The van der Waals surface area contributed by atoms with E-state index >= 15 is 0 Å². The maximum atomic E-state index is 11.4. The molecule has 0 bridgehead atoms. The van der Waals surface area contributed by atoms with Gasteiger partial charge >= 0.3 is 0 Å². The Labute approximate surface area is 81.9 Å². The minimum Gasteiger partial charge on any atom is -0.398 e.